The summed E-state index contributed by atoms with van der Waals surface area (Å²) in [5.41, 5.74) is -0.309. The van der Waals surface area contributed by atoms with Crippen LogP contribution in [0.2, 0.25) is 0 Å². The third kappa shape index (κ3) is 4.36. The zero-order chi connectivity index (χ0) is 15.5. The van der Waals surface area contributed by atoms with E-state index in [1.807, 2.05) is 20.8 Å². The summed E-state index contributed by atoms with van der Waals surface area (Å²) in [4.78, 5) is 8.06. The molecule has 0 bridgehead atoms. The quantitative estimate of drug-likeness (QED) is 0.846. The van der Waals surface area contributed by atoms with Crippen molar-refractivity contribution < 1.29 is 13.2 Å². The van der Waals surface area contributed by atoms with Gasteiger partial charge in [0, 0.05) is 19.2 Å². The third-order valence-electron chi connectivity index (χ3n) is 3.29. The van der Waals surface area contributed by atoms with Crippen LogP contribution in [0.5, 0.6) is 0 Å². The van der Waals surface area contributed by atoms with Crippen LogP contribution in [0.4, 0.5) is 5.95 Å². The molecule has 1 aromatic heterocycles. The molecule has 1 atom stereocenters. The van der Waals surface area contributed by atoms with Crippen LogP contribution >= 0.6 is 0 Å². The Balaban J connectivity index is 2.07. The van der Waals surface area contributed by atoms with E-state index in [1.54, 1.807) is 0 Å². The van der Waals surface area contributed by atoms with E-state index in [2.05, 4.69) is 20.0 Å². The van der Waals surface area contributed by atoms with Crippen molar-refractivity contribution in [2.75, 3.05) is 18.5 Å². The summed E-state index contributed by atoms with van der Waals surface area (Å²) in [5, 5.41) is 2.92. The van der Waals surface area contributed by atoms with Gasteiger partial charge in [0.1, 0.15) is 4.90 Å². The predicted molar refractivity (Wildman–Crippen MR) is 79.6 cm³/mol. The van der Waals surface area contributed by atoms with Gasteiger partial charge in [-0.3, -0.25) is 0 Å². The lowest BCUT2D eigenvalue weighted by Gasteiger charge is -2.35. The molecule has 0 amide bonds. The van der Waals surface area contributed by atoms with Crippen LogP contribution in [0.25, 0.3) is 0 Å². The third-order valence-corrected chi connectivity index (χ3v) is 4.77. The molecule has 1 unspecified atom stereocenters. The summed E-state index contributed by atoms with van der Waals surface area (Å²) in [6.45, 7) is 7.07. The molecule has 0 aromatic carbocycles. The number of nitrogens with one attached hydrogen (secondary N) is 2. The van der Waals surface area contributed by atoms with Crippen LogP contribution in [0.1, 0.15) is 33.6 Å². The Kier molecular flexibility index (Phi) is 4.80. The average molecular weight is 314 g/mol. The molecule has 7 nitrogen and oxygen atoms in total. The number of nitrogens with zero attached hydrogens (tertiary/aromatic N) is 2. The maximum absolute atomic E-state index is 12.3. The molecule has 1 aliphatic heterocycles. The number of rotatable bonds is 5. The Bertz CT molecular complexity index is 572. The summed E-state index contributed by atoms with van der Waals surface area (Å²) >= 11 is 0. The second-order valence-corrected chi connectivity index (χ2v) is 7.41. The lowest BCUT2D eigenvalue weighted by Crippen LogP contribution is -2.45. The molecule has 1 saturated heterocycles. The molecule has 0 radical (unpaired) electrons. The Hall–Kier alpha value is -1.25. The molecule has 1 fully saturated rings. The second kappa shape index (κ2) is 6.25. The minimum Gasteiger partial charge on any atom is -0.375 e. The van der Waals surface area contributed by atoms with Crippen LogP contribution in [-0.4, -0.2) is 43.2 Å². The standard InChI is InChI=1S/C13H22N4O3S/c1-4-14-12-15-8-11(9-16-12)21(18,19)17-10-5-6-20-13(2,3)7-10/h8-10,17H,4-7H2,1-3H3,(H,14,15,16). The molecule has 2 heterocycles. The number of sulfonamides is 1. The van der Waals surface area contributed by atoms with Crippen molar-refractivity contribution in [2.45, 2.75) is 50.2 Å². The van der Waals surface area contributed by atoms with Gasteiger partial charge in [-0.15, -0.1) is 0 Å². The van der Waals surface area contributed by atoms with E-state index in [4.69, 9.17) is 4.74 Å². The minimum absolute atomic E-state index is 0.0773. The van der Waals surface area contributed by atoms with Crippen LogP contribution in [0.15, 0.2) is 17.3 Å². The topological polar surface area (TPSA) is 93.2 Å². The molecule has 0 spiro atoms. The van der Waals surface area contributed by atoms with Crippen molar-refractivity contribution >= 4 is 16.0 Å². The molecule has 1 aliphatic rings. The molecule has 21 heavy (non-hydrogen) atoms. The largest absolute Gasteiger partial charge is 0.375 e. The first-order valence-corrected chi connectivity index (χ1v) is 8.53. The van der Waals surface area contributed by atoms with E-state index in [-0.39, 0.29) is 16.5 Å². The Morgan fingerprint density at radius 3 is 2.62 bits per heavy atom. The van der Waals surface area contributed by atoms with Gasteiger partial charge in [-0.2, -0.15) is 0 Å². The molecule has 0 saturated carbocycles. The Labute approximate surface area is 125 Å². The van der Waals surface area contributed by atoms with Crippen molar-refractivity contribution in [2.24, 2.45) is 0 Å². The van der Waals surface area contributed by atoms with E-state index < -0.39 is 10.0 Å². The fraction of sp³-hybridized carbons (Fsp3) is 0.692. The highest BCUT2D eigenvalue weighted by Gasteiger charge is 2.31. The van der Waals surface area contributed by atoms with Crippen LogP contribution in [0.3, 0.4) is 0 Å². The predicted octanol–water partition coefficient (Wildman–Crippen LogP) is 1.14. The highest BCUT2D eigenvalue weighted by atomic mass is 32.2. The SMILES string of the molecule is CCNc1ncc(S(=O)(=O)NC2CCOC(C)(C)C2)cn1. The Morgan fingerprint density at radius 1 is 1.38 bits per heavy atom. The molecular formula is C13H22N4O3S. The van der Waals surface area contributed by atoms with E-state index in [1.165, 1.54) is 12.4 Å². The second-order valence-electron chi connectivity index (χ2n) is 5.69. The average Bonchev–Trinajstić information content (AvgIpc) is 2.38. The molecule has 2 N–H and O–H groups in total. The van der Waals surface area contributed by atoms with E-state index in [9.17, 15) is 8.42 Å². The monoisotopic (exact) mass is 314 g/mol. The zero-order valence-electron chi connectivity index (χ0n) is 12.6. The van der Waals surface area contributed by atoms with Gasteiger partial charge in [0.05, 0.1) is 18.0 Å². The minimum atomic E-state index is -3.60. The lowest BCUT2D eigenvalue weighted by atomic mass is 9.95. The first kappa shape index (κ1) is 16.1. The number of ether oxygens (including phenoxy) is 1. The summed E-state index contributed by atoms with van der Waals surface area (Å²) in [6, 6.07) is -0.132. The summed E-state index contributed by atoms with van der Waals surface area (Å²) < 4.78 is 33.0. The lowest BCUT2D eigenvalue weighted by molar-refractivity contribution is -0.0599. The molecule has 8 heteroatoms. The maximum atomic E-state index is 12.3. The zero-order valence-corrected chi connectivity index (χ0v) is 13.4. The van der Waals surface area contributed by atoms with E-state index in [0.29, 0.717) is 31.9 Å². The number of aromatic nitrogens is 2. The normalized spacial score (nSPS) is 22.0. The van der Waals surface area contributed by atoms with E-state index >= 15 is 0 Å². The van der Waals surface area contributed by atoms with Crippen molar-refractivity contribution in [3.8, 4) is 0 Å². The van der Waals surface area contributed by atoms with Gasteiger partial charge in [-0.1, -0.05) is 0 Å². The fourth-order valence-electron chi connectivity index (χ4n) is 2.32. The number of hydrogen-bond acceptors (Lipinski definition) is 6. The van der Waals surface area contributed by atoms with Gasteiger partial charge in [0.2, 0.25) is 16.0 Å². The van der Waals surface area contributed by atoms with Crippen LogP contribution in [0, 0.1) is 0 Å². The van der Waals surface area contributed by atoms with E-state index in [0.717, 1.165) is 0 Å². The van der Waals surface area contributed by atoms with Crippen LogP contribution in [-0.2, 0) is 14.8 Å². The summed E-state index contributed by atoms with van der Waals surface area (Å²) in [7, 11) is -3.60. The molecule has 118 valence electrons. The van der Waals surface area contributed by atoms with Crippen molar-refractivity contribution in [3.63, 3.8) is 0 Å². The summed E-state index contributed by atoms with van der Waals surface area (Å²) in [6.07, 6.45) is 3.94. The smallest absolute Gasteiger partial charge is 0.243 e. The van der Waals surface area contributed by atoms with Gasteiger partial charge in [-0.25, -0.2) is 23.1 Å². The number of hydrogen-bond donors (Lipinski definition) is 2. The molecule has 1 aromatic rings. The molecule has 2 rings (SSSR count). The van der Waals surface area contributed by atoms with Gasteiger partial charge < -0.3 is 10.1 Å². The Morgan fingerprint density at radius 2 is 2.05 bits per heavy atom. The van der Waals surface area contributed by atoms with Crippen molar-refractivity contribution in [1.29, 1.82) is 0 Å². The maximum Gasteiger partial charge on any atom is 0.243 e. The molecule has 0 aliphatic carbocycles. The fourth-order valence-corrected chi connectivity index (χ4v) is 3.48. The highest BCUT2D eigenvalue weighted by Crippen LogP contribution is 2.25. The van der Waals surface area contributed by atoms with Gasteiger partial charge >= 0.3 is 0 Å². The number of anilines is 1. The van der Waals surface area contributed by atoms with Gasteiger partial charge in [0.25, 0.3) is 0 Å². The van der Waals surface area contributed by atoms with Crippen molar-refractivity contribution in [3.05, 3.63) is 12.4 Å². The van der Waals surface area contributed by atoms with Gasteiger partial charge in [0.15, 0.2) is 0 Å². The summed E-state index contributed by atoms with van der Waals surface area (Å²) in [5.74, 6) is 0.420. The highest BCUT2D eigenvalue weighted by molar-refractivity contribution is 7.89. The first-order chi connectivity index (χ1) is 9.82. The first-order valence-electron chi connectivity index (χ1n) is 7.04. The van der Waals surface area contributed by atoms with Crippen LogP contribution < -0.4 is 10.0 Å². The molecular weight excluding hydrogens is 292 g/mol. The van der Waals surface area contributed by atoms with Gasteiger partial charge in [-0.05, 0) is 33.6 Å². The van der Waals surface area contributed by atoms with Crippen molar-refractivity contribution in [1.82, 2.24) is 14.7 Å².